The number of thiazole rings is 1. The van der Waals surface area contributed by atoms with E-state index >= 15 is 0 Å². The molecule has 1 aromatic heterocycles. The van der Waals surface area contributed by atoms with Crippen LogP contribution in [0.25, 0.3) is 0 Å². The van der Waals surface area contributed by atoms with Gasteiger partial charge in [0.1, 0.15) is 5.75 Å². The third kappa shape index (κ3) is 4.55. The Balaban J connectivity index is 1.80. The topological polar surface area (TPSA) is 77.2 Å². The summed E-state index contributed by atoms with van der Waals surface area (Å²) in [6.45, 7) is 3.06. The fraction of sp³-hybridized carbons (Fsp3) is 0.286. The molecule has 3 N–H and O–H groups in total. The average molecular weight is 291 g/mol. The van der Waals surface area contributed by atoms with Crippen molar-refractivity contribution in [3.63, 3.8) is 0 Å². The minimum Gasteiger partial charge on any atom is -0.493 e. The number of carbonyl (C=O) groups excluding carboxylic acids is 1. The number of rotatable bonds is 7. The maximum absolute atomic E-state index is 10.6. The van der Waals surface area contributed by atoms with Crippen molar-refractivity contribution < 1.29 is 9.53 Å². The molecule has 2 rings (SSSR count). The fourth-order valence-electron chi connectivity index (χ4n) is 1.61. The van der Waals surface area contributed by atoms with Crippen LogP contribution in [0.1, 0.15) is 16.3 Å². The van der Waals surface area contributed by atoms with Crippen LogP contribution in [0.15, 0.2) is 30.5 Å². The van der Waals surface area contributed by atoms with Gasteiger partial charge in [0.25, 0.3) is 0 Å². The first-order valence-corrected chi connectivity index (χ1v) is 7.11. The molecule has 0 aliphatic carbocycles. The Morgan fingerprint density at radius 3 is 2.75 bits per heavy atom. The molecule has 0 radical (unpaired) electrons. The minimum absolute atomic E-state index is 0.227. The van der Waals surface area contributed by atoms with Gasteiger partial charge in [0.2, 0.25) is 5.91 Å². The number of carbonyl (C=O) groups is 1. The van der Waals surface area contributed by atoms with Gasteiger partial charge in [0.05, 0.1) is 24.6 Å². The van der Waals surface area contributed by atoms with Crippen LogP contribution in [0.5, 0.6) is 5.75 Å². The van der Waals surface area contributed by atoms with Crippen molar-refractivity contribution in [1.29, 1.82) is 0 Å². The predicted octanol–water partition coefficient (Wildman–Crippen LogP) is 2.32. The SMILES string of the molecule is Cc1ncc(CNc2ccc(OCCC(N)=O)cc2)s1. The highest BCUT2D eigenvalue weighted by atomic mass is 32.1. The van der Waals surface area contributed by atoms with Crippen molar-refractivity contribution in [3.05, 3.63) is 40.3 Å². The summed E-state index contributed by atoms with van der Waals surface area (Å²) in [5.74, 6) is 0.369. The molecule has 0 saturated heterocycles. The lowest BCUT2D eigenvalue weighted by Gasteiger charge is -2.07. The summed E-state index contributed by atoms with van der Waals surface area (Å²) in [5.41, 5.74) is 6.06. The maximum atomic E-state index is 10.6. The molecular weight excluding hydrogens is 274 g/mol. The van der Waals surface area contributed by atoms with Gasteiger partial charge in [0, 0.05) is 16.8 Å². The number of aromatic nitrogens is 1. The van der Waals surface area contributed by atoms with Crippen molar-refractivity contribution >= 4 is 22.9 Å². The zero-order valence-electron chi connectivity index (χ0n) is 11.3. The first kappa shape index (κ1) is 14.3. The Kier molecular flexibility index (Phi) is 4.95. The molecule has 0 bridgehead atoms. The molecule has 1 amide bonds. The normalized spacial score (nSPS) is 10.2. The second kappa shape index (κ2) is 6.91. The van der Waals surface area contributed by atoms with Gasteiger partial charge in [-0.15, -0.1) is 11.3 Å². The van der Waals surface area contributed by atoms with E-state index in [9.17, 15) is 4.79 Å². The highest BCUT2D eigenvalue weighted by Gasteiger charge is 2.00. The van der Waals surface area contributed by atoms with Crippen molar-refractivity contribution in [3.8, 4) is 5.75 Å². The summed E-state index contributed by atoms with van der Waals surface area (Å²) in [4.78, 5) is 16.0. The van der Waals surface area contributed by atoms with Crippen molar-refractivity contribution in [2.45, 2.75) is 19.9 Å². The number of nitrogens with zero attached hydrogens (tertiary/aromatic N) is 1. The molecule has 1 heterocycles. The second-order valence-corrected chi connectivity index (χ2v) is 5.61. The standard InChI is InChI=1S/C14H17N3O2S/c1-10-16-8-13(20-10)9-17-11-2-4-12(5-3-11)19-7-6-14(15)18/h2-5,8,17H,6-7,9H2,1H3,(H2,15,18). The molecule has 106 valence electrons. The first-order valence-electron chi connectivity index (χ1n) is 6.30. The number of ether oxygens (including phenoxy) is 1. The molecule has 0 aliphatic heterocycles. The van der Waals surface area contributed by atoms with Crippen molar-refractivity contribution in [1.82, 2.24) is 4.98 Å². The van der Waals surface area contributed by atoms with Crippen molar-refractivity contribution in [2.24, 2.45) is 5.73 Å². The number of hydrogen-bond donors (Lipinski definition) is 2. The zero-order chi connectivity index (χ0) is 14.4. The molecule has 2 aromatic rings. The summed E-state index contributed by atoms with van der Waals surface area (Å²) >= 11 is 1.68. The van der Waals surface area contributed by atoms with E-state index in [0.717, 1.165) is 23.0 Å². The van der Waals surface area contributed by atoms with Crippen LogP contribution in [0.4, 0.5) is 5.69 Å². The Bertz CT molecular complexity index is 566. The smallest absolute Gasteiger partial charge is 0.220 e. The number of nitrogens with two attached hydrogens (primary N) is 1. The van der Waals surface area contributed by atoms with E-state index < -0.39 is 0 Å². The number of amides is 1. The van der Waals surface area contributed by atoms with Gasteiger partial charge in [-0.1, -0.05) is 0 Å². The highest BCUT2D eigenvalue weighted by molar-refractivity contribution is 7.11. The molecule has 0 saturated carbocycles. The molecule has 6 heteroatoms. The molecule has 0 fully saturated rings. The molecule has 0 aliphatic rings. The number of nitrogens with one attached hydrogen (secondary N) is 1. The van der Waals surface area contributed by atoms with Crippen LogP contribution in [-0.2, 0) is 11.3 Å². The van der Waals surface area contributed by atoms with E-state index in [0.29, 0.717) is 6.61 Å². The third-order valence-corrected chi connectivity index (χ3v) is 3.52. The molecule has 0 atom stereocenters. The van der Waals surface area contributed by atoms with Gasteiger partial charge < -0.3 is 15.8 Å². The Hall–Kier alpha value is -2.08. The summed E-state index contributed by atoms with van der Waals surface area (Å²) in [5, 5.41) is 4.39. The van der Waals surface area contributed by atoms with Crippen LogP contribution >= 0.6 is 11.3 Å². The van der Waals surface area contributed by atoms with Gasteiger partial charge in [-0.25, -0.2) is 4.98 Å². The first-order chi connectivity index (χ1) is 9.63. The van der Waals surface area contributed by atoms with Crippen LogP contribution in [-0.4, -0.2) is 17.5 Å². The quantitative estimate of drug-likeness (QED) is 0.820. The number of anilines is 1. The Morgan fingerprint density at radius 1 is 1.40 bits per heavy atom. The molecule has 5 nitrogen and oxygen atoms in total. The average Bonchev–Trinajstić information content (AvgIpc) is 2.83. The number of hydrogen-bond acceptors (Lipinski definition) is 5. The van der Waals surface area contributed by atoms with E-state index in [-0.39, 0.29) is 12.3 Å². The lowest BCUT2D eigenvalue weighted by Crippen LogP contribution is -2.14. The summed E-state index contributed by atoms with van der Waals surface area (Å²) in [6.07, 6.45) is 2.11. The molecular formula is C14H17N3O2S. The number of primary amides is 1. The number of aryl methyl sites for hydroxylation is 1. The van der Waals surface area contributed by atoms with E-state index in [4.69, 9.17) is 10.5 Å². The van der Waals surface area contributed by atoms with Gasteiger partial charge in [-0.05, 0) is 31.2 Å². The molecule has 0 spiro atoms. The number of benzene rings is 1. The lowest BCUT2D eigenvalue weighted by atomic mass is 10.3. The largest absolute Gasteiger partial charge is 0.493 e. The predicted molar refractivity (Wildman–Crippen MR) is 79.9 cm³/mol. The van der Waals surface area contributed by atoms with E-state index in [2.05, 4.69) is 10.3 Å². The monoisotopic (exact) mass is 291 g/mol. The molecule has 0 unspecified atom stereocenters. The van der Waals surface area contributed by atoms with Crippen molar-refractivity contribution in [2.75, 3.05) is 11.9 Å². The summed E-state index contributed by atoms with van der Waals surface area (Å²) in [6, 6.07) is 7.60. The van der Waals surface area contributed by atoms with Gasteiger partial charge >= 0.3 is 0 Å². The summed E-state index contributed by atoms with van der Waals surface area (Å²) in [7, 11) is 0. The van der Waals surface area contributed by atoms with Crippen LogP contribution < -0.4 is 15.8 Å². The second-order valence-electron chi connectivity index (χ2n) is 4.29. The maximum Gasteiger partial charge on any atom is 0.220 e. The van der Waals surface area contributed by atoms with E-state index in [1.807, 2.05) is 37.4 Å². The zero-order valence-corrected chi connectivity index (χ0v) is 12.1. The minimum atomic E-state index is -0.358. The van der Waals surface area contributed by atoms with E-state index in [1.54, 1.807) is 11.3 Å². The molecule has 20 heavy (non-hydrogen) atoms. The van der Waals surface area contributed by atoms with Crippen LogP contribution in [0.3, 0.4) is 0 Å². The molecule has 1 aromatic carbocycles. The van der Waals surface area contributed by atoms with Gasteiger partial charge in [-0.3, -0.25) is 4.79 Å². The van der Waals surface area contributed by atoms with Gasteiger partial charge in [0.15, 0.2) is 0 Å². The van der Waals surface area contributed by atoms with Crippen LogP contribution in [0.2, 0.25) is 0 Å². The fourth-order valence-corrected chi connectivity index (χ4v) is 2.35. The summed E-state index contributed by atoms with van der Waals surface area (Å²) < 4.78 is 5.40. The Morgan fingerprint density at radius 2 is 2.15 bits per heavy atom. The van der Waals surface area contributed by atoms with Crippen LogP contribution in [0, 0.1) is 6.92 Å². The lowest BCUT2D eigenvalue weighted by molar-refractivity contribution is -0.118. The Labute approximate surface area is 121 Å². The third-order valence-electron chi connectivity index (χ3n) is 2.61. The highest BCUT2D eigenvalue weighted by Crippen LogP contribution is 2.18. The van der Waals surface area contributed by atoms with Gasteiger partial charge in [-0.2, -0.15) is 0 Å². The van der Waals surface area contributed by atoms with E-state index in [1.165, 1.54) is 4.88 Å².